The van der Waals surface area contributed by atoms with Gasteiger partial charge < -0.3 is 14.6 Å². The molecule has 6 heteroatoms. The van der Waals surface area contributed by atoms with Gasteiger partial charge in [-0.3, -0.25) is 4.79 Å². The van der Waals surface area contributed by atoms with Gasteiger partial charge in [0.25, 0.3) is 5.91 Å². The van der Waals surface area contributed by atoms with Crippen molar-refractivity contribution >= 4 is 11.6 Å². The van der Waals surface area contributed by atoms with E-state index in [1.165, 1.54) is 12.1 Å². The molecule has 1 fully saturated rings. The van der Waals surface area contributed by atoms with Crippen molar-refractivity contribution in [3.63, 3.8) is 0 Å². The molecule has 1 saturated heterocycles. The topological polar surface area (TPSA) is 45.1 Å². The molecule has 0 unspecified atom stereocenters. The number of nitrogens with zero attached hydrogens (tertiary/aromatic N) is 3. The summed E-state index contributed by atoms with van der Waals surface area (Å²) in [4.78, 5) is 22.5. The van der Waals surface area contributed by atoms with Crippen LogP contribution in [0.2, 0.25) is 0 Å². The molecule has 1 aromatic carbocycles. The Bertz CT molecular complexity index is 609. The van der Waals surface area contributed by atoms with Crippen molar-refractivity contribution < 1.29 is 14.0 Å². The number of hydrogen-bond acceptors (Lipinski definition) is 4. The van der Waals surface area contributed by atoms with Gasteiger partial charge in [-0.25, -0.2) is 4.39 Å². The van der Waals surface area contributed by atoms with Crippen LogP contribution in [0, 0.1) is 5.82 Å². The second-order valence-electron chi connectivity index (χ2n) is 6.27. The Hall–Kier alpha value is -1.95. The lowest BCUT2D eigenvalue weighted by atomic mass is 9.94. The molecule has 0 radical (unpaired) electrons. The van der Waals surface area contributed by atoms with E-state index in [2.05, 4.69) is 17.0 Å². The third kappa shape index (κ3) is 3.22. The zero-order valence-corrected chi connectivity index (χ0v) is 13.6. The van der Waals surface area contributed by atoms with Gasteiger partial charge in [-0.15, -0.1) is 0 Å². The first-order valence-electron chi connectivity index (χ1n) is 8.04. The van der Waals surface area contributed by atoms with Gasteiger partial charge in [0.1, 0.15) is 5.82 Å². The average Bonchev–Trinajstić information content (AvgIpc) is 2.98. The number of amides is 1. The minimum Gasteiger partial charge on any atom is -0.379 e. The van der Waals surface area contributed by atoms with Crippen LogP contribution in [0.5, 0.6) is 0 Å². The van der Waals surface area contributed by atoms with Crippen molar-refractivity contribution in [3.8, 4) is 0 Å². The highest BCUT2D eigenvalue weighted by atomic mass is 19.1. The Labute approximate surface area is 135 Å². The summed E-state index contributed by atoms with van der Waals surface area (Å²) in [7, 11) is 0. The summed E-state index contributed by atoms with van der Waals surface area (Å²) in [5, 5.41) is 4.07. The summed E-state index contributed by atoms with van der Waals surface area (Å²) in [6.07, 6.45) is 0.408. The van der Waals surface area contributed by atoms with Crippen LogP contribution in [0.15, 0.2) is 29.4 Å². The molecule has 1 aromatic rings. The molecule has 0 bridgehead atoms. The zero-order valence-electron chi connectivity index (χ0n) is 13.6. The van der Waals surface area contributed by atoms with Crippen molar-refractivity contribution in [3.05, 3.63) is 35.6 Å². The molecule has 3 rings (SSSR count). The zero-order chi connectivity index (χ0) is 16.4. The quantitative estimate of drug-likeness (QED) is 0.854. The van der Waals surface area contributed by atoms with E-state index in [0.29, 0.717) is 12.1 Å². The van der Waals surface area contributed by atoms with Crippen molar-refractivity contribution in [2.24, 2.45) is 5.16 Å². The number of likely N-dealkylation sites (N-methyl/N-ethyl adjacent to an activating group) is 1. The highest BCUT2D eigenvalue weighted by molar-refractivity contribution is 6.05. The minimum absolute atomic E-state index is 0.0193. The largest absolute Gasteiger partial charge is 0.379 e. The Kier molecular flexibility index (Phi) is 4.35. The van der Waals surface area contributed by atoms with Crippen LogP contribution < -0.4 is 0 Å². The van der Waals surface area contributed by atoms with Crippen LogP contribution in [0.25, 0.3) is 0 Å². The average molecular weight is 319 g/mol. The molecule has 0 N–H and O–H groups in total. The molecule has 0 aliphatic carbocycles. The number of carbonyl (C=O) groups is 1. The Morgan fingerprint density at radius 2 is 1.91 bits per heavy atom. The van der Waals surface area contributed by atoms with Crippen LogP contribution in [0.4, 0.5) is 4.39 Å². The van der Waals surface area contributed by atoms with Crippen LogP contribution in [0.3, 0.4) is 0 Å². The Balaban J connectivity index is 1.65. The lowest BCUT2D eigenvalue weighted by molar-refractivity contribution is -0.155. The number of oxime groups is 1. The van der Waals surface area contributed by atoms with E-state index in [0.717, 1.165) is 38.3 Å². The van der Waals surface area contributed by atoms with Gasteiger partial charge in [0.2, 0.25) is 5.60 Å². The smallest absolute Gasteiger partial charge is 0.269 e. The highest BCUT2D eigenvalue weighted by Crippen LogP contribution is 2.29. The Morgan fingerprint density at radius 3 is 2.52 bits per heavy atom. The normalized spacial score (nSPS) is 25.2. The van der Waals surface area contributed by atoms with Crippen LogP contribution in [-0.2, 0) is 9.63 Å². The van der Waals surface area contributed by atoms with Gasteiger partial charge in [0, 0.05) is 32.6 Å². The van der Waals surface area contributed by atoms with Crippen molar-refractivity contribution in [2.45, 2.75) is 25.9 Å². The molecule has 0 spiro atoms. The van der Waals surface area contributed by atoms with Gasteiger partial charge in [-0.1, -0.05) is 24.2 Å². The van der Waals surface area contributed by atoms with E-state index >= 15 is 0 Å². The van der Waals surface area contributed by atoms with Gasteiger partial charge in [0.15, 0.2) is 0 Å². The van der Waals surface area contributed by atoms with Crippen molar-refractivity contribution in [1.29, 1.82) is 0 Å². The molecule has 1 amide bonds. The summed E-state index contributed by atoms with van der Waals surface area (Å²) >= 11 is 0. The first kappa shape index (κ1) is 15.9. The maximum Gasteiger partial charge on any atom is 0.269 e. The van der Waals surface area contributed by atoms with E-state index in [9.17, 15) is 9.18 Å². The van der Waals surface area contributed by atoms with E-state index in [4.69, 9.17) is 4.84 Å². The van der Waals surface area contributed by atoms with Gasteiger partial charge in [-0.2, -0.15) is 0 Å². The van der Waals surface area contributed by atoms with E-state index in [1.807, 2.05) is 4.90 Å². The van der Waals surface area contributed by atoms with Gasteiger partial charge >= 0.3 is 0 Å². The second-order valence-corrected chi connectivity index (χ2v) is 6.27. The van der Waals surface area contributed by atoms with E-state index in [-0.39, 0.29) is 11.7 Å². The number of halogens is 1. The molecule has 5 nitrogen and oxygen atoms in total. The van der Waals surface area contributed by atoms with Crippen LogP contribution in [-0.4, -0.2) is 59.7 Å². The molecule has 2 heterocycles. The van der Waals surface area contributed by atoms with Gasteiger partial charge in [-0.05, 0) is 31.2 Å². The first-order chi connectivity index (χ1) is 11.0. The fraction of sp³-hybridized carbons (Fsp3) is 0.529. The SMILES string of the molecule is CCN1CCN(C(=O)[C@]2(C)CC(c3ccc(F)cc3)=NO2)CC1. The highest BCUT2D eigenvalue weighted by Gasteiger charge is 2.45. The van der Waals surface area contributed by atoms with E-state index in [1.54, 1.807) is 19.1 Å². The molecule has 23 heavy (non-hydrogen) atoms. The standard InChI is InChI=1S/C17H22FN3O2/c1-3-20-8-10-21(11-9-20)16(22)17(2)12-15(19-23-17)13-4-6-14(18)7-5-13/h4-7H,3,8-12H2,1-2H3/t17-/m0/s1. The molecular weight excluding hydrogens is 297 g/mol. The lowest BCUT2D eigenvalue weighted by Gasteiger charge is -2.37. The fourth-order valence-electron chi connectivity index (χ4n) is 3.05. The minimum atomic E-state index is -0.960. The summed E-state index contributed by atoms with van der Waals surface area (Å²) in [5.74, 6) is -0.310. The monoisotopic (exact) mass is 319 g/mol. The summed E-state index contributed by atoms with van der Waals surface area (Å²) < 4.78 is 13.0. The number of carbonyl (C=O) groups excluding carboxylic acids is 1. The maximum absolute atomic E-state index is 13.0. The number of rotatable bonds is 3. The number of piperazine rings is 1. The third-order valence-corrected chi connectivity index (χ3v) is 4.60. The molecule has 0 aromatic heterocycles. The maximum atomic E-state index is 13.0. The third-order valence-electron chi connectivity index (χ3n) is 4.60. The number of hydrogen-bond donors (Lipinski definition) is 0. The molecule has 1 atom stereocenters. The number of benzene rings is 1. The van der Waals surface area contributed by atoms with Gasteiger partial charge in [0.05, 0.1) is 5.71 Å². The predicted molar refractivity (Wildman–Crippen MR) is 85.7 cm³/mol. The predicted octanol–water partition coefficient (Wildman–Crippen LogP) is 1.87. The first-order valence-corrected chi connectivity index (χ1v) is 8.04. The molecule has 2 aliphatic rings. The molecular formula is C17H22FN3O2. The fourth-order valence-corrected chi connectivity index (χ4v) is 3.05. The molecule has 0 saturated carbocycles. The van der Waals surface area contributed by atoms with Crippen molar-refractivity contribution in [1.82, 2.24) is 9.80 Å². The molecule has 124 valence electrons. The Morgan fingerprint density at radius 1 is 1.26 bits per heavy atom. The second kappa shape index (κ2) is 6.28. The summed E-state index contributed by atoms with van der Waals surface area (Å²) in [6, 6.07) is 6.10. The van der Waals surface area contributed by atoms with Crippen molar-refractivity contribution in [2.75, 3.05) is 32.7 Å². The molecule has 2 aliphatic heterocycles. The van der Waals surface area contributed by atoms with E-state index < -0.39 is 5.60 Å². The van der Waals surface area contributed by atoms with Crippen LogP contribution in [0.1, 0.15) is 25.8 Å². The lowest BCUT2D eigenvalue weighted by Crippen LogP contribution is -2.54. The van der Waals surface area contributed by atoms with Crippen LogP contribution >= 0.6 is 0 Å². The summed E-state index contributed by atoms with van der Waals surface area (Å²) in [5.41, 5.74) is 0.518. The summed E-state index contributed by atoms with van der Waals surface area (Å²) in [6.45, 7) is 8.14.